The molecule has 22 heteroatoms. The Morgan fingerprint density at radius 1 is 0.653 bits per heavy atom. The van der Waals surface area contributed by atoms with Gasteiger partial charge in [-0.1, -0.05) is 36.4 Å². The third-order valence-electron chi connectivity index (χ3n) is 12.9. The van der Waals surface area contributed by atoms with E-state index in [0.29, 0.717) is 117 Å². The number of ether oxygens (including phenoxy) is 1. The van der Waals surface area contributed by atoms with Gasteiger partial charge in [0.05, 0.1) is 72.3 Å². The zero-order valence-electron chi connectivity index (χ0n) is 40.9. The summed E-state index contributed by atoms with van der Waals surface area (Å²) in [7, 11) is 3.74. The molecule has 0 bridgehead atoms. The monoisotopic (exact) mass is 1000 g/mol. The fourth-order valence-corrected chi connectivity index (χ4v) is 8.90. The van der Waals surface area contributed by atoms with Crippen LogP contribution in [0, 0.1) is 31.4 Å². The lowest BCUT2D eigenvalue weighted by Crippen LogP contribution is -2.53. The van der Waals surface area contributed by atoms with Crippen molar-refractivity contribution in [2.24, 2.45) is 5.92 Å². The number of halogens is 6. The fourth-order valence-electron chi connectivity index (χ4n) is 8.90. The number of carbonyl (C=O) groups is 2. The van der Waals surface area contributed by atoms with Crippen LogP contribution in [0.4, 0.5) is 49.6 Å². The van der Waals surface area contributed by atoms with Crippen LogP contribution in [-0.2, 0) is 14.3 Å². The quantitative estimate of drug-likeness (QED) is 0.109. The minimum atomic E-state index is -2.90. The smallest absolute Gasteiger partial charge is 0.266 e. The SMILES string of the molecule is Cc1nc(NC(C)c2cccc(C(F)F)c2F)c2cc(N3CCN(C(=O)C4COC4)CC3)ncc2n1.Cc1nc(NC(C)c2cccc(C(F)F)c2F)c2cc(N3CCN(C(=O)CN(C)C)CC3)ncc2n1. The summed E-state index contributed by atoms with van der Waals surface area (Å²) < 4.78 is 87.4. The Balaban J connectivity index is 0.000000193. The maximum atomic E-state index is 14.7. The van der Waals surface area contributed by atoms with Crippen molar-refractivity contribution in [3.8, 4) is 0 Å². The number of hydrogen-bond acceptors (Lipinski definition) is 14. The van der Waals surface area contributed by atoms with Gasteiger partial charge in [0.15, 0.2) is 0 Å². The maximum Gasteiger partial charge on any atom is 0.266 e. The second-order valence-electron chi connectivity index (χ2n) is 18.3. The highest BCUT2D eigenvalue weighted by atomic mass is 19.3. The predicted molar refractivity (Wildman–Crippen MR) is 261 cm³/mol. The van der Waals surface area contributed by atoms with Crippen LogP contribution in [0.25, 0.3) is 21.8 Å². The lowest BCUT2D eigenvalue weighted by molar-refractivity contribution is -0.150. The number of piperazine rings is 2. The molecule has 2 N–H and O–H groups in total. The van der Waals surface area contributed by atoms with E-state index in [1.807, 2.05) is 40.9 Å². The number of alkyl halides is 4. The summed E-state index contributed by atoms with van der Waals surface area (Å²) >= 11 is 0. The van der Waals surface area contributed by atoms with Crippen molar-refractivity contribution in [1.29, 1.82) is 0 Å². The van der Waals surface area contributed by atoms with Gasteiger partial charge in [-0.3, -0.25) is 9.59 Å². The van der Waals surface area contributed by atoms with Crippen LogP contribution in [-0.4, -0.2) is 143 Å². The molecule has 0 aliphatic carbocycles. The molecule has 4 aromatic heterocycles. The summed E-state index contributed by atoms with van der Waals surface area (Å²) in [5.74, 6) is 1.73. The van der Waals surface area contributed by atoms with Gasteiger partial charge in [0.2, 0.25) is 11.8 Å². The number of hydrogen-bond donors (Lipinski definition) is 2. The molecule has 2 amide bonds. The minimum absolute atomic E-state index is 0.0300. The molecule has 0 saturated carbocycles. The number of amides is 2. The number of likely N-dealkylation sites (N-methyl/N-ethyl adjacent to an activating group) is 1. The molecule has 382 valence electrons. The summed E-state index contributed by atoms with van der Waals surface area (Å²) in [6.07, 6.45) is -2.47. The second-order valence-corrected chi connectivity index (χ2v) is 18.3. The largest absolute Gasteiger partial charge is 0.380 e. The number of aryl methyl sites for hydroxylation is 2. The Kier molecular flexibility index (Phi) is 15.9. The van der Waals surface area contributed by atoms with Crippen molar-refractivity contribution in [1.82, 2.24) is 44.6 Å². The molecule has 6 aromatic rings. The molecule has 2 atom stereocenters. The minimum Gasteiger partial charge on any atom is -0.380 e. The average molecular weight is 1000 g/mol. The van der Waals surface area contributed by atoms with Crippen LogP contribution in [0.15, 0.2) is 60.9 Å². The molecule has 0 radical (unpaired) electrons. The van der Waals surface area contributed by atoms with Crippen LogP contribution >= 0.6 is 0 Å². The Labute approximate surface area is 412 Å². The molecule has 9 rings (SSSR count). The zero-order valence-corrected chi connectivity index (χ0v) is 40.9. The fraction of sp³-hybridized carbons (Fsp3) is 0.440. The molecular weight excluding hydrogens is 945 g/mol. The van der Waals surface area contributed by atoms with Gasteiger partial charge >= 0.3 is 0 Å². The normalized spacial score (nSPS) is 16.3. The van der Waals surface area contributed by atoms with Crippen molar-refractivity contribution in [2.75, 3.05) is 107 Å². The van der Waals surface area contributed by atoms with Crippen LogP contribution in [0.1, 0.15) is 72.7 Å². The Morgan fingerprint density at radius 2 is 1.07 bits per heavy atom. The first-order valence-corrected chi connectivity index (χ1v) is 23.7. The highest BCUT2D eigenvalue weighted by Crippen LogP contribution is 2.34. The summed E-state index contributed by atoms with van der Waals surface area (Å²) in [5, 5.41) is 7.74. The number of pyridine rings is 2. The summed E-state index contributed by atoms with van der Waals surface area (Å²) in [6, 6.07) is 10.5. The molecule has 3 saturated heterocycles. The molecule has 0 spiro atoms. The molecule has 16 nitrogen and oxygen atoms in total. The van der Waals surface area contributed by atoms with Gasteiger partial charge in [-0.2, -0.15) is 0 Å². The number of benzene rings is 2. The van der Waals surface area contributed by atoms with Crippen molar-refractivity contribution < 1.29 is 40.7 Å². The van der Waals surface area contributed by atoms with Gasteiger partial charge in [-0.05, 0) is 53.9 Å². The highest BCUT2D eigenvalue weighted by Gasteiger charge is 2.33. The zero-order chi connectivity index (χ0) is 51.4. The number of aromatic nitrogens is 6. The maximum absolute atomic E-state index is 14.7. The third kappa shape index (κ3) is 11.5. The molecular formula is C50H57F6N13O3. The topological polar surface area (TPSA) is 161 Å². The first-order chi connectivity index (χ1) is 34.4. The Morgan fingerprint density at radius 3 is 1.46 bits per heavy atom. The van der Waals surface area contributed by atoms with Gasteiger partial charge < -0.3 is 39.9 Å². The number of nitrogens with one attached hydrogen (secondary N) is 2. The molecule has 2 unspecified atom stereocenters. The van der Waals surface area contributed by atoms with E-state index in [1.54, 1.807) is 40.1 Å². The molecule has 72 heavy (non-hydrogen) atoms. The van der Waals surface area contributed by atoms with E-state index in [1.165, 1.54) is 24.3 Å². The number of rotatable bonds is 13. The van der Waals surface area contributed by atoms with Gasteiger partial charge in [0.1, 0.15) is 46.6 Å². The molecule has 7 heterocycles. The third-order valence-corrected chi connectivity index (χ3v) is 12.9. The number of nitrogens with zero attached hydrogens (tertiary/aromatic N) is 11. The summed E-state index contributed by atoms with van der Waals surface area (Å²) in [6.45, 7) is 13.2. The lowest BCUT2D eigenvalue weighted by Gasteiger charge is -2.38. The molecule has 3 fully saturated rings. The van der Waals surface area contributed by atoms with Crippen molar-refractivity contribution >= 4 is 56.9 Å². The first-order valence-electron chi connectivity index (χ1n) is 23.7. The number of fused-ring (bicyclic) bond motifs is 2. The van der Waals surface area contributed by atoms with Crippen molar-refractivity contribution in [3.63, 3.8) is 0 Å². The van der Waals surface area contributed by atoms with E-state index in [2.05, 4.69) is 50.3 Å². The van der Waals surface area contributed by atoms with E-state index in [-0.39, 0.29) is 28.9 Å². The lowest BCUT2D eigenvalue weighted by atomic mass is 10.0. The van der Waals surface area contributed by atoms with Gasteiger partial charge in [-0.25, -0.2) is 56.2 Å². The van der Waals surface area contributed by atoms with E-state index < -0.39 is 47.7 Å². The van der Waals surface area contributed by atoms with Crippen LogP contribution in [0.2, 0.25) is 0 Å². The Hall–Kier alpha value is -6.94. The first kappa shape index (κ1) is 51.4. The molecule has 3 aliphatic heterocycles. The standard InChI is InChI=1S/C25H30F3N7O.C25H27F3N6O2/c1-15(17-6-5-7-18(23(17)26)24(27)28)30-25-19-12-21(29-13-20(19)31-16(2)32-25)34-8-10-35(11-9-34)22(36)14-33(3)4;1-14(17-4-3-5-18(22(17)26)23(27)28)30-24-19-10-21(29-11-20(19)31-15(2)32-24)33-6-8-34(9-7-33)25(35)16-12-36-13-16/h5-7,12-13,15,24H,8-11,14H2,1-4H3,(H,30,31,32);3-5,10-11,14,16,23H,6-9,12-13H2,1-2H3,(H,30,31,32). The van der Waals surface area contributed by atoms with Crippen LogP contribution < -0.4 is 20.4 Å². The van der Waals surface area contributed by atoms with Crippen molar-refractivity contribution in [3.05, 3.63) is 106 Å². The van der Waals surface area contributed by atoms with Crippen LogP contribution in [0.5, 0.6) is 0 Å². The van der Waals surface area contributed by atoms with E-state index in [4.69, 9.17) is 4.74 Å². The average Bonchev–Trinajstić information content (AvgIpc) is 3.33. The van der Waals surface area contributed by atoms with E-state index in [9.17, 15) is 35.9 Å². The molecule has 2 aromatic carbocycles. The van der Waals surface area contributed by atoms with Gasteiger partial charge in [-0.15, -0.1) is 0 Å². The Bertz CT molecular complexity index is 2910. The van der Waals surface area contributed by atoms with E-state index in [0.717, 1.165) is 23.8 Å². The van der Waals surface area contributed by atoms with Crippen molar-refractivity contribution in [2.45, 2.75) is 52.6 Å². The highest BCUT2D eigenvalue weighted by molar-refractivity contribution is 5.92. The molecule has 3 aliphatic rings. The van der Waals surface area contributed by atoms with Crippen LogP contribution in [0.3, 0.4) is 0 Å². The summed E-state index contributed by atoms with van der Waals surface area (Å²) in [4.78, 5) is 61.7. The predicted octanol–water partition coefficient (Wildman–Crippen LogP) is 7.67. The van der Waals surface area contributed by atoms with E-state index >= 15 is 0 Å². The summed E-state index contributed by atoms with van der Waals surface area (Å²) in [5.41, 5.74) is 0.233. The second kappa shape index (κ2) is 22.2. The number of anilines is 4. The van der Waals surface area contributed by atoms with Gasteiger partial charge in [0, 0.05) is 74.3 Å². The van der Waals surface area contributed by atoms with Gasteiger partial charge in [0.25, 0.3) is 12.9 Å². The number of carbonyl (C=O) groups excluding carboxylic acids is 2.